The molecule has 0 aliphatic carbocycles. The van der Waals surface area contributed by atoms with Crippen LogP contribution in [0, 0.1) is 0 Å². The quantitative estimate of drug-likeness (QED) is 0.236. The standard InChI is InChI=1S/C23H34N4O11S/c1-15(28)35-14-20(33)38-16(12-37-22-21(24-39-25-22)26-7-9-34-10-8-26)11-27(23(2,3)4)17(29)13-36-19(32)6-5-18(30)31/h16H,5-14H2,1-4H3,(H,30,31). The molecule has 0 bridgehead atoms. The van der Waals surface area contributed by atoms with Crippen LogP contribution in [0.4, 0.5) is 5.82 Å². The fraction of sp³-hybridized carbons (Fsp3) is 0.696. The normalized spacial score (nSPS) is 14.2. The maximum Gasteiger partial charge on any atom is 0.344 e. The van der Waals surface area contributed by atoms with Crippen molar-refractivity contribution in [1.82, 2.24) is 13.6 Å². The van der Waals surface area contributed by atoms with Crippen LogP contribution in [0.3, 0.4) is 0 Å². The van der Waals surface area contributed by atoms with Crippen LogP contribution in [0.1, 0.15) is 40.5 Å². The number of aromatic nitrogens is 2. The fourth-order valence-electron chi connectivity index (χ4n) is 3.37. The van der Waals surface area contributed by atoms with Gasteiger partial charge >= 0.3 is 23.9 Å². The second-order valence-electron chi connectivity index (χ2n) is 9.43. The average Bonchev–Trinajstić information content (AvgIpc) is 3.34. The lowest BCUT2D eigenvalue weighted by Crippen LogP contribution is -2.52. The molecule has 16 heteroatoms. The SMILES string of the molecule is CC(=O)OCC(=O)OC(COc1nsnc1N1CCOCC1)CN(C(=O)COC(=O)CCC(=O)O)C(C)(C)C. The summed E-state index contributed by atoms with van der Waals surface area (Å²) in [5, 5.41) is 8.70. The van der Waals surface area contributed by atoms with E-state index in [9.17, 15) is 24.0 Å². The van der Waals surface area contributed by atoms with Gasteiger partial charge in [0, 0.05) is 25.6 Å². The zero-order valence-electron chi connectivity index (χ0n) is 22.4. The smallest absolute Gasteiger partial charge is 0.344 e. The maximum atomic E-state index is 13.0. The van der Waals surface area contributed by atoms with Crippen LogP contribution in [0.15, 0.2) is 0 Å². The fourth-order valence-corrected chi connectivity index (χ4v) is 3.89. The van der Waals surface area contributed by atoms with E-state index < -0.39 is 61.1 Å². The van der Waals surface area contributed by atoms with Gasteiger partial charge in [-0.05, 0) is 20.8 Å². The molecule has 2 rings (SSSR count). The third kappa shape index (κ3) is 11.4. The summed E-state index contributed by atoms with van der Waals surface area (Å²) in [7, 11) is 0. The lowest BCUT2D eigenvalue weighted by Gasteiger charge is -2.37. The molecule has 1 amide bonds. The van der Waals surface area contributed by atoms with Crippen LogP contribution in [-0.4, -0.2) is 113 Å². The summed E-state index contributed by atoms with van der Waals surface area (Å²) in [5.41, 5.74) is -0.799. The number of carbonyl (C=O) groups is 5. The van der Waals surface area contributed by atoms with Crippen LogP contribution >= 0.6 is 11.7 Å². The Kier molecular flexibility index (Phi) is 12.3. The first kappa shape index (κ1) is 31.7. The van der Waals surface area contributed by atoms with Gasteiger partial charge in [0.1, 0.15) is 6.61 Å². The Labute approximate surface area is 229 Å². The molecule has 1 N–H and O–H groups in total. The van der Waals surface area contributed by atoms with E-state index in [1.807, 2.05) is 4.90 Å². The number of carbonyl (C=O) groups excluding carboxylic acids is 4. The Balaban J connectivity index is 2.12. The van der Waals surface area contributed by atoms with Crippen molar-refractivity contribution in [2.45, 2.75) is 52.2 Å². The molecule has 1 aromatic rings. The molecule has 1 aliphatic rings. The Morgan fingerprint density at radius 3 is 2.36 bits per heavy atom. The van der Waals surface area contributed by atoms with Crippen molar-refractivity contribution in [2.24, 2.45) is 0 Å². The summed E-state index contributed by atoms with van der Waals surface area (Å²) in [6, 6.07) is 0. The summed E-state index contributed by atoms with van der Waals surface area (Å²) in [6.45, 7) is 6.94. The first-order valence-corrected chi connectivity index (χ1v) is 12.9. The number of ether oxygens (including phenoxy) is 5. The van der Waals surface area contributed by atoms with Crippen molar-refractivity contribution >= 4 is 47.3 Å². The van der Waals surface area contributed by atoms with Gasteiger partial charge in [0.15, 0.2) is 19.3 Å². The third-order valence-electron chi connectivity index (χ3n) is 5.25. The van der Waals surface area contributed by atoms with Gasteiger partial charge in [-0.1, -0.05) is 0 Å². The van der Waals surface area contributed by atoms with Crippen LogP contribution < -0.4 is 9.64 Å². The van der Waals surface area contributed by atoms with E-state index in [1.165, 1.54) is 4.90 Å². The molecule has 39 heavy (non-hydrogen) atoms. The Bertz CT molecular complexity index is 1000. The number of anilines is 1. The lowest BCUT2D eigenvalue weighted by molar-refractivity contribution is -0.166. The van der Waals surface area contributed by atoms with Crippen LogP contribution in [-0.2, 0) is 42.9 Å². The predicted molar refractivity (Wildman–Crippen MR) is 134 cm³/mol. The van der Waals surface area contributed by atoms with E-state index in [2.05, 4.69) is 8.75 Å². The molecule has 0 saturated carbocycles. The minimum Gasteiger partial charge on any atom is -0.481 e. The minimum atomic E-state index is -1.17. The van der Waals surface area contributed by atoms with Gasteiger partial charge in [-0.25, -0.2) is 4.79 Å². The number of nitrogens with zero attached hydrogens (tertiary/aromatic N) is 4. The van der Waals surface area contributed by atoms with E-state index in [-0.39, 0.29) is 25.5 Å². The van der Waals surface area contributed by atoms with Crippen molar-refractivity contribution in [3.63, 3.8) is 0 Å². The number of esters is 3. The third-order valence-corrected chi connectivity index (χ3v) is 5.75. The highest BCUT2D eigenvalue weighted by atomic mass is 32.1. The number of morpholine rings is 1. The molecule has 1 unspecified atom stereocenters. The van der Waals surface area contributed by atoms with E-state index in [0.29, 0.717) is 32.1 Å². The van der Waals surface area contributed by atoms with Crippen molar-refractivity contribution in [1.29, 1.82) is 0 Å². The Morgan fingerprint density at radius 2 is 1.74 bits per heavy atom. The van der Waals surface area contributed by atoms with Gasteiger partial charge in [-0.3, -0.25) is 19.2 Å². The number of carboxylic acid groups (broad SMARTS) is 1. The number of amides is 1. The Hall–Kier alpha value is -3.53. The second kappa shape index (κ2) is 15.2. The maximum absolute atomic E-state index is 13.0. The summed E-state index contributed by atoms with van der Waals surface area (Å²) in [4.78, 5) is 62.2. The average molecular weight is 575 g/mol. The number of hydrogen-bond acceptors (Lipinski definition) is 14. The second-order valence-corrected chi connectivity index (χ2v) is 9.95. The Morgan fingerprint density at radius 1 is 1.05 bits per heavy atom. The predicted octanol–water partition coefficient (Wildman–Crippen LogP) is 0.264. The van der Waals surface area contributed by atoms with Crippen molar-refractivity contribution in [3.05, 3.63) is 0 Å². The van der Waals surface area contributed by atoms with Crippen molar-refractivity contribution in [3.8, 4) is 5.88 Å². The van der Waals surface area contributed by atoms with Gasteiger partial charge in [-0.15, -0.1) is 4.37 Å². The van der Waals surface area contributed by atoms with Gasteiger partial charge in [0.25, 0.3) is 11.8 Å². The van der Waals surface area contributed by atoms with Gasteiger partial charge in [0.05, 0.1) is 44.3 Å². The van der Waals surface area contributed by atoms with E-state index >= 15 is 0 Å². The molecule has 0 aromatic carbocycles. The van der Waals surface area contributed by atoms with Gasteiger partial charge < -0.3 is 38.6 Å². The van der Waals surface area contributed by atoms with E-state index in [0.717, 1.165) is 18.7 Å². The summed E-state index contributed by atoms with van der Waals surface area (Å²) < 4.78 is 34.8. The molecule has 1 fully saturated rings. The lowest BCUT2D eigenvalue weighted by atomic mass is 10.1. The largest absolute Gasteiger partial charge is 0.481 e. The highest BCUT2D eigenvalue weighted by molar-refractivity contribution is 6.99. The van der Waals surface area contributed by atoms with E-state index in [1.54, 1.807) is 20.8 Å². The molecule has 2 heterocycles. The molecule has 15 nitrogen and oxygen atoms in total. The molecule has 1 atom stereocenters. The number of hydrogen-bond donors (Lipinski definition) is 1. The van der Waals surface area contributed by atoms with Gasteiger partial charge in [-0.2, -0.15) is 4.37 Å². The molecule has 1 aliphatic heterocycles. The number of carboxylic acids is 1. The highest BCUT2D eigenvalue weighted by Gasteiger charge is 2.32. The molecule has 0 radical (unpaired) electrons. The summed E-state index contributed by atoms with van der Waals surface area (Å²) in [6.07, 6.45) is -1.83. The van der Waals surface area contributed by atoms with E-state index in [4.69, 9.17) is 28.8 Å². The van der Waals surface area contributed by atoms with Gasteiger partial charge in [0.2, 0.25) is 5.82 Å². The molecule has 1 aromatic heterocycles. The van der Waals surface area contributed by atoms with Crippen LogP contribution in [0.25, 0.3) is 0 Å². The van der Waals surface area contributed by atoms with Crippen molar-refractivity contribution < 1.29 is 52.8 Å². The zero-order valence-corrected chi connectivity index (χ0v) is 23.2. The zero-order chi connectivity index (χ0) is 29.0. The number of aliphatic carboxylic acids is 1. The first-order valence-electron chi connectivity index (χ1n) is 12.2. The molecular weight excluding hydrogens is 540 g/mol. The van der Waals surface area contributed by atoms with Crippen LogP contribution in [0.2, 0.25) is 0 Å². The van der Waals surface area contributed by atoms with Crippen LogP contribution in [0.5, 0.6) is 5.88 Å². The summed E-state index contributed by atoms with van der Waals surface area (Å²) >= 11 is 0.952. The monoisotopic (exact) mass is 574 g/mol. The molecular formula is C23H34N4O11S. The first-order chi connectivity index (χ1) is 18.4. The number of rotatable bonds is 14. The topological polar surface area (TPSA) is 184 Å². The molecule has 218 valence electrons. The summed E-state index contributed by atoms with van der Waals surface area (Å²) in [5.74, 6) is -3.38. The molecule has 1 saturated heterocycles. The highest BCUT2D eigenvalue weighted by Crippen LogP contribution is 2.27. The van der Waals surface area contributed by atoms with Crippen molar-refractivity contribution in [2.75, 3.05) is 57.6 Å². The molecule has 0 spiro atoms. The minimum absolute atomic E-state index is 0.161.